The zero-order chi connectivity index (χ0) is 20.3. The van der Waals surface area contributed by atoms with E-state index in [2.05, 4.69) is 24.1 Å². The highest BCUT2D eigenvalue weighted by molar-refractivity contribution is 7.98. The maximum absolute atomic E-state index is 12.9. The van der Waals surface area contributed by atoms with Gasteiger partial charge in [-0.25, -0.2) is 4.79 Å². The second-order valence-corrected chi connectivity index (χ2v) is 8.85. The molecule has 7 heteroatoms. The Kier molecular flexibility index (Phi) is 6.80. The van der Waals surface area contributed by atoms with Gasteiger partial charge in [0.2, 0.25) is 0 Å². The summed E-state index contributed by atoms with van der Waals surface area (Å²) >= 11 is 3.02. The molecule has 1 aliphatic rings. The number of nitrogens with one attached hydrogen (secondary N) is 1. The van der Waals surface area contributed by atoms with Gasteiger partial charge in [0.15, 0.2) is 0 Å². The quantitative estimate of drug-likeness (QED) is 0.546. The van der Waals surface area contributed by atoms with Gasteiger partial charge in [0.05, 0.1) is 17.7 Å². The van der Waals surface area contributed by atoms with Gasteiger partial charge in [-0.3, -0.25) is 9.69 Å². The molecule has 3 rings (SSSR count). The molecular formula is C21H26N2O3S2. The highest BCUT2D eigenvalue weighted by atomic mass is 32.2. The molecule has 1 aliphatic heterocycles. The van der Waals surface area contributed by atoms with E-state index < -0.39 is 0 Å². The Bertz CT molecular complexity index is 877. The van der Waals surface area contributed by atoms with E-state index in [1.807, 2.05) is 24.5 Å². The van der Waals surface area contributed by atoms with Gasteiger partial charge in [-0.1, -0.05) is 12.1 Å². The lowest BCUT2D eigenvalue weighted by Gasteiger charge is -2.30. The molecule has 1 N–H and O–H groups in total. The first-order valence-electron chi connectivity index (χ1n) is 9.46. The Hall–Kier alpha value is -1.83. The SMILES string of the molecule is CCOC(=O)c1c(NC(=O)c2ccccc2SC)sc2c1CCN(C(C)C)C2. The second kappa shape index (κ2) is 9.11. The summed E-state index contributed by atoms with van der Waals surface area (Å²) in [5.41, 5.74) is 2.16. The number of thiophene rings is 1. The van der Waals surface area contributed by atoms with Gasteiger partial charge in [0.1, 0.15) is 5.00 Å². The Morgan fingerprint density at radius 2 is 2.07 bits per heavy atom. The predicted molar refractivity (Wildman–Crippen MR) is 116 cm³/mol. The minimum atomic E-state index is -0.355. The van der Waals surface area contributed by atoms with Crippen molar-refractivity contribution in [3.63, 3.8) is 0 Å². The molecule has 28 heavy (non-hydrogen) atoms. The van der Waals surface area contributed by atoms with Crippen molar-refractivity contribution < 1.29 is 14.3 Å². The third-order valence-electron chi connectivity index (χ3n) is 4.87. The molecule has 0 bridgehead atoms. The fourth-order valence-corrected chi connectivity index (χ4v) is 5.23. The van der Waals surface area contributed by atoms with E-state index in [1.54, 1.807) is 13.0 Å². The Labute approximate surface area is 174 Å². The highest BCUT2D eigenvalue weighted by Crippen LogP contribution is 2.38. The molecule has 2 heterocycles. The van der Waals surface area contributed by atoms with Crippen LogP contribution in [-0.4, -0.2) is 42.2 Å². The van der Waals surface area contributed by atoms with E-state index in [9.17, 15) is 9.59 Å². The molecule has 0 unspecified atom stereocenters. The number of rotatable bonds is 6. The van der Waals surface area contributed by atoms with Gasteiger partial charge in [0.25, 0.3) is 5.91 Å². The first kappa shape index (κ1) is 20.9. The molecule has 1 aromatic heterocycles. The lowest BCUT2D eigenvalue weighted by atomic mass is 10.0. The lowest BCUT2D eigenvalue weighted by molar-refractivity contribution is 0.0526. The number of esters is 1. The van der Waals surface area contributed by atoms with Crippen LogP contribution in [-0.2, 0) is 17.7 Å². The smallest absolute Gasteiger partial charge is 0.341 e. The summed E-state index contributed by atoms with van der Waals surface area (Å²) in [4.78, 5) is 30.0. The van der Waals surface area contributed by atoms with Crippen LogP contribution >= 0.6 is 23.1 Å². The monoisotopic (exact) mass is 418 g/mol. The van der Waals surface area contributed by atoms with E-state index in [0.29, 0.717) is 28.8 Å². The van der Waals surface area contributed by atoms with Crippen LogP contribution in [0.5, 0.6) is 0 Å². The van der Waals surface area contributed by atoms with Crippen molar-refractivity contribution in [2.75, 3.05) is 24.7 Å². The number of fused-ring (bicyclic) bond motifs is 1. The van der Waals surface area contributed by atoms with Crippen LogP contribution in [0.25, 0.3) is 0 Å². The molecule has 0 aliphatic carbocycles. The molecule has 0 radical (unpaired) electrons. The number of carbonyl (C=O) groups excluding carboxylic acids is 2. The number of amides is 1. The van der Waals surface area contributed by atoms with Crippen molar-refractivity contribution in [3.8, 4) is 0 Å². The first-order valence-corrected chi connectivity index (χ1v) is 11.5. The second-order valence-electron chi connectivity index (χ2n) is 6.90. The van der Waals surface area contributed by atoms with E-state index in [4.69, 9.17) is 4.74 Å². The van der Waals surface area contributed by atoms with Crippen LogP contribution in [0.1, 0.15) is 51.9 Å². The van der Waals surface area contributed by atoms with Crippen LogP contribution in [0.3, 0.4) is 0 Å². The molecular weight excluding hydrogens is 392 g/mol. The molecule has 0 spiro atoms. The normalized spacial score (nSPS) is 14.0. The summed E-state index contributed by atoms with van der Waals surface area (Å²) in [5.74, 6) is -0.554. The minimum Gasteiger partial charge on any atom is -0.462 e. The molecule has 1 aromatic carbocycles. The van der Waals surface area contributed by atoms with Gasteiger partial charge in [-0.15, -0.1) is 23.1 Å². The number of nitrogens with zero attached hydrogens (tertiary/aromatic N) is 1. The van der Waals surface area contributed by atoms with E-state index in [-0.39, 0.29) is 11.9 Å². The maximum atomic E-state index is 12.9. The number of hydrogen-bond acceptors (Lipinski definition) is 6. The summed E-state index contributed by atoms with van der Waals surface area (Å²) in [5, 5.41) is 3.58. The van der Waals surface area contributed by atoms with Gasteiger partial charge in [-0.05, 0) is 51.1 Å². The van der Waals surface area contributed by atoms with Gasteiger partial charge in [0, 0.05) is 28.9 Å². The molecule has 0 atom stereocenters. The number of ether oxygens (including phenoxy) is 1. The van der Waals surface area contributed by atoms with E-state index in [0.717, 1.165) is 34.8 Å². The minimum absolute atomic E-state index is 0.199. The average Bonchev–Trinajstić information content (AvgIpc) is 3.04. The summed E-state index contributed by atoms with van der Waals surface area (Å²) in [6.45, 7) is 8.14. The maximum Gasteiger partial charge on any atom is 0.341 e. The fraction of sp³-hybridized carbons (Fsp3) is 0.429. The van der Waals surface area contributed by atoms with E-state index in [1.165, 1.54) is 23.1 Å². The van der Waals surface area contributed by atoms with Crippen molar-refractivity contribution in [1.29, 1.82) is 0 Å². The standard InChI is InChI=1S/C21H26N2O3S2/c1-5-26-21(25)18-14-10-11-23(13(2)3)12-17(14)28-20(18)22-19(24)15-8-6-7-9-16(15)27-4/h6-9,13H,5,10-12H2,1-4H3,(H,22,24). The van der Waals surface area contributed by atoms with Crippen LogP contribution < -0.4 is 5.32 Å². The third kappa shape index (κ3) is 4.26. The van der Waals surface area contributed by atoms with Crippen molar-refractivity contribution in [3.05, 3.63) is 45.8 Å². The van der Waals surface area contributed by atoms with Crippen molar-refractivity contribution >= 4 is 40.0 Å². The number of carbonyl (C=O) groups is 2. The number of anilines is 1. The Balaban J connectivity index is 1.96. The molecule has 2 aromatic rings. The summed E-state index contributed by atoms with van der Waals surface area (Å²) in [6.07, 6.45) is 2.73. The predicted octanol–water partition coefficient (Wildman–Crippen LogP) is 4.67. The van der Waals surface area contributed by atoms with Crippen LogP contribution in [0.15, 0.2) is 29.2 Å². The molecule has 150 valence electrons. The summed E-state index contributed by atoms with van der Waals surface area (Å²) in [7, 11) is 0. The van der Waals surface area contributed by atoms with Crippen molar-refractivity contribution in [2.45, 2.75) is 44.7 Å². The molecule has 0 saturated heterocycles. The van der Waals surface area contributed by atoms with Crippen molar-refractivity contribution in [1.82, 2.24) is 4.90 Å². The fourth-order valence-electron chi connectivity index (χ4n) is 3.37. The zero-order valence-electron chi connectivity index (χ0n) is 16.7. The van der Waals surface area contributed by atoms with Gasteiger partial charge in [-0.2, -0.15) is 0 Å². The lowest BCUT2D eigenvalue weighted by Crippen LogP contribution is -2.35. The van der Waals surface area contributed by atoms with E-state index >= 15 is 0 Å². The summed E-state index contributed by atoms with van der Waals surface area (Å²) in [6, 6.07) is 7.93. The number of benzene rings is 1. The molecule has 0 saturated carbocycles. The van der Waals surface area contributed by atoms with Gasteiger partial charge >= 0.3 is 5.97 Å². The molecule has 0 fully saturated rings. The third-order valence-corrected chi connectivity index (χ3v) is 6.80. The highest BCUT2D eigenvalue weighted by Gasteiger charge is 2.30. The van der Waals surface area contributed by atoms with Crippen molar-refractivity contribution in [2.24, 2.45) is 0 Å². The Morgan fingerprint density at radius 1 is 1.32 bits per heavy atom. The molecule has 5 nitrogen and oxygen atoms in total. The largest absolute Gasteiger partial charge is 0.462 e. The van der Waals surface area contributed by atoms with Crippen LogP contribution in [0, 0.1) is 0 Å². The number of hydrogen-bond donors (Lipinski definition) is 1. The van der Waals surface area contributed by atoms with Gasteiger partial charge < -0.3 is 10.1 Å². The number of thioether (sulfide) groups is 1. The first-order chi connectivity index (χ1) is 13.5. The topological polar surface area (TPSA) is 58.6 Å². The zero-order valence-corrected chi connectivity index (χ0v) is 18.3. The van der Waals surface area contributed by atoms with Crippen LogP contribution in [0.4, 0.5) is 5.00 Å². The Morgan fingerprint density at radius 3 is 2.75 bits per heavy atom. The average molecular weight is 419 g/mol. The molecule has 1 amide bonds. The summed E-state index contributed by atoms with van der Waals surface area (Å²) < 4.78 is 5.30. The van der Waals surface area contributed by atoms with Crippen LogP contribution in [0.2, 0.25) is 0 Å².